The summed E-state index contributed by atoms with van der Waals surface area (Å²) in [6.07, 6.45) is 0. The van der Waals surface area contributed by atoms with Gasteiger partial charge in [0.1, 0.15) is 11.5 Å². The molecular weight excluding hydrogens is 424 g/mol. The Morgan fingerprint density at radius 1 is 0.533 bits per heavy atom. The molecule has 0 saturated heterocycles. The van der Waals surface area contributed by atoms with Crippen molar-refractivity contribution in [3.63, 3.8) is 0 Å². The van der Waals surface area contributed by atoms with Crippen molar-refractivity contribution in [3.8, 4) is 11.5 Å². The van der Waals surface area contributed by atoms with Crippen LogP contribution in [-0.4, -0.2) is 40.0 Å². The lowest BCUT2D eigenvalue weighted by molar-refractivity contribution is -0.120. The van der Waals surface area contributed by atoms with Gasteiger partial charge in [-0.15, -0.1) is 0 Å². The number of rotatable bonds is 8. The first-order chi connectivity index (χ1) is 14.5. The lowest BCUT2D eigenvalue weighted by Gasteiger charge is -2.21. The Bertz CT molecular complexity index is 925. The molecule has 0 aliphatic heterocycles. The SMILES string of the molecule is COC1=C(OC)C(=O)C(Sc2ccc(OC)cc2)=C(Sc2ccc(OC)cc2)C1=O. The number of ketones is 2. The van der Waals surface area contributed by atoms with Crippen molar-refractivity contribution in [3.05, 3.63) is 69.9 Å². The maximum Gasteiger partial charge on any atom is 0.239 e. The molecule has 3 rings (SSSR count). The van der Waals surface area contributed by atoms with Crippen LogP contribution in [0.1, 0.15) is 0 Å². The van der Waals surface area contributed by atoms with Crippen LogP contribution in [0.25, 0.3) is 0 Å². The van der Waals surface area contributed by atoms with E-state index >= 15 is 0 Å². The number of hydrogen-bond donors (Lipinski definition) is 0. The zero-order valence-corrected chi connectivity index (χ0v) is 18.5. The Morgan fingerprint density at radius 2 is 0.867 bits per heavy atom. The highest BCUT2D eigenvalue weighted by Gasteiger charge is 2.38. The van der Waals surface area contributed by atoms with Gasteiger partial charge < -0.3 is 18.9 Å². The van der Waals surface area contributed by atoms with Gasteiger partial charge in [0, 0.05) is 9.79 Å². The second-order valence-corrected chi connectivity index (χ2v) is 8.11. The lowest BCUT2D eigenvalue weighted by Crippen LogP contribution is -2.23. The molecule has 156 valence electrons. The van der Waals surface area contributed by atoms with E-state index in [0.717, 1.165) is 9.79 Å². The third-order valence-electron chi connectivity index (χ3n) is 4.20. The number of carbonyl (C=O) groups excluding carboxylic acids is 2. The summed E-state index contributed by atoms with van der Waals surface area (Å²) in [4.78, 5) is 28.4. The van der Waals surface area contributed by atoms with Gasteiger partial charge in [-0.25, -0.2) is 0 Å². The van der Waals surface area contributed by atoms with Crippen LogP contribution in [0.15, 0.2) is 79.7 Å². The number of thioether (sulfide) groups is 2. The van der Waals surface area contributed by atoms with E-state index in [1.54, 1.807) is 38.5 Å². The second kappa shape index (κ2) is 9.77. The number of carbonyl (C=O) groups is 2. The van der Waals surface area contributed by atoms with E-state index < -0.39 is 11.6 Å². The molecule has 1 aliphatic rings. The molecule has 0 heterocycles. The Morgan fingerprint density at radius 3 is 1.13 bits per heavy atom. The standard InChI is InChI=1S/C22H20O6S2/c1-25-13-5-9-15(10-6-13)29-21-17(23)19(27-3)20(28-4)18(24)22(21)30-16-11-7-14(26-2)8-12-16/h5-12H,1-4H3. The van der Waals surface area contributed by atoms with Crippen LogP contribution in [0.4, 0.5) is 0 Å². The number of Topliss-reactive ketones (excluding diaryl/α,β-unsaturated/α-hetero) is 2. The van der Waals surface area contributed by atoms with Crippen molar-refractivity contribution in [2.75, 3.05) is 28.4 Å². The maximum absolute atomic E-state index is 13.1. The predicted molar refractivity (Wildman–Crippen MR) is 116 cm³/mol. The Kier molecular flexibility index (Phi) is 7.12. The number of ether oxygens (including phenoxy) is 4. The van der Waals surface area contributed by atoms with Crippen LogP contribution < -0.4 is 9.47 Å². The molecule has 0 N–H and O–H groups in total. The van der Waals surface area contributed by atoms with Crippen molar-refractivity contribution < 1.29 is 28.5 Å². The van der Waals surface area contributed by atoms with Gasteiger partial charge in [0.05, 0.1) is 38.2 Å². The van der Waals surface area contributed by atoms with Crippen molar-refractivity contribution in [1.82, 2.24) is 0 Å². The highest BCUT2D eigenvalue weighted by Crippen LogP contribution is 2.43. The van der Waals surface area contributed by atoms with Gasteiger partial charge >= 0.3 is 0 Å². The average Bonchev–Trinajstić information content (AvgIpc) is 2.79. The molecule has 6 nitrogen and oxygen atoms in total. The van der Waals surface area contributed by atoms with E-state index in [9.17, 15) is 9.59 Å². The van der Waals surface area contributed by atoms with Gasteiger partial charge in [-0.05, 0) is 48.5 Å². The number of benzene rings is 2. The highest BCUT2D eigenvalue weighted by molar-refractivity contribution is 8.08. The first kappa shape index (κ1) is 21.9. The number of hydrogen-bond acceptors (Lipinski definition) is 8. The summed E-state index contributed by atoms with van der Waals surface area (Å²) < 4.78 is 20.8. The molecule has 0 aromatic heterocycles. The number of allylic oxidation sites excluding steroid dienone is 2. The molecule has 0 fully saturated rings. The third kappa shape index (κ3) is 4.49. The average molecular weight is 445 g/mol. The Labute approximate surface area is 183 Å². The summed E-state index contributed by atoms with van der Waals surface area (Å²) in [5, 5.41) is 0. The lowest BCUT2D eigenvalue weighted by atomic mass is 10.1. The molecule has 8 heteroatoms. The maximum atomic E-state index is 13.1. The molecule has 2 aromatic rings. The molecule has 30 heavy (non-hydrogen) atoms. The predicted octanol–water partition coefficient (Wildman–Crippen LogP) is 4.46. The molecule has 0 saturated carbocycles. The van der Waals surface area contributed by atoms with Gasteiger partial charge in [0.25, 0.3) is 0 Å². The molecule has 0 unspecified atom stereocenters. The van der Waals surface area contributed by atoms with E-state index in [0.29, 0.717) is 11.5 Å². The zero-order chi connectivity index (χ0) is 21.7. The summed E-state index contributed by atoms with van der Waals surface area (Å²) in [6, 6.07) is 14.5. The van der Waals surface area contributed by atoms with Crippen molar-refractivity contribution in [2.24, 2.45) is 0 Å². The van der Waals surface area contributed by atoms with Crippen LogP contribution in [-0.2, 0) is 19.1 Å². The quantitative estimate of drug-likeness (QED) is 0.553. The summed E-state index contributed by atoms with van der Waals surface area (Å²) in [7, 11) is 5.85. The van der Waals surface area contributed by atoms with Crippen LogP contribution in [0.5, 0.6) is 11.5 Å². The van der Waals surface area contributed by atoms with Gasteiger partial charge in [-0.1, -0.05) is 23.5 Å². The topological polar surface area (TPSA) is 71.1 Å². The third-order valence-corrected chi connectivity index (χ3v) is 6.54. The van der Waals surface area contributed by atoms with Crippen LogP contribution in [0.3, 0.4) is 0 Å². The van der Waals surface area contributed by atoms with Crippen LogP contribution >= 0.6 is 23.5 Å². The Hall–Kier alpha value is -2.84. The minimum Gasteiger partial charge on any atom is -0.497 e. The van der Waals surface area contributed by atoms with E-state index in [2.05, 4.69) is 0 Å². The first-order valence-electron chi connectivity index (χ1n) is 8.82. The molecule has 0 spiro atoms. The fraction of sp³-hybridized carbons (Fsp3) is 0.182. The van der Waals surface area contributed by atoms with Gasteiger partial charge in [0.2, 0.25) is 23.1 Å². The van der Waals surface area contributed by atoms with E-state index in [-0.39, 0.29) is 21.3 Å². The molecule has 0 atom stereocenters. The summed E-state index contributed by atoms with van der Waals surface area (Å²) >= 11 is 2.40. The molecule has 0 radical (unpaired) electrons. The van der Waals surface area contributed by atoms with Crippen LogP contribution in [0.2, 0.25) is 0 Å². The molecular formula is C22H20O6S2. The summed E-state index contributed by atoms with van der Waals surface area (Å²) in [5.41, 5.74) is 0. The highest BCUT2D eigenvalue weighted by atomic mass is 32.2. The van der Waals surface area contributed by atoms with Crippen LogP contribution in [0, 0.1) is 0 Å². The fourth-order valence-electron chi connectivity index (χ4n) is 2.70. The Balaban J connectivity index is 2.03. The molecule has 0 amide bonds. The minimum absolute atomic E-state index is 0.0995. The molecule has 1 aliphatic carbocycles. The van der Waals surface area contributed by atoms with E-state index in [1.165, 1.54) is 37.7 Å². The normalized spacial score (nSPS) is 14.1. The van der Waals surface area contributed by atoms with Gasteiger partial charge in [-0.2, -0.15) is 0 Å². The second-order valence-electron chi connectivity index (χ2n) is 5.94. The van der Waals surface area contributed by atoms with Crippen molar-refractivity contribution >= 4 is 35.1 Å². The van der Waals surface area contributed by atoms with Gasteiger partial charge in [0.15, 0.2) is 0 Å². The van der Waals surface area contributed by atoms with E-state index in [1.807, 2.05) is 24.3 Å². The minimum atomic E-state index is -0.397. The zero-order valence-electron chi connectivity index (χ0n) is 16.9. The monoisotopic (exact) mass is 444 g/mol. The fourth-order valence-corrected chi connectivity index (χ4v) is 4.71. The summed E-state index contributed by atoms with van der Waals surface area (Å²) in [5.74, 6) is 0.407. The molecule has 2 aromatic carbocycles. The molecule has 0 bridgehead atoms. The number of methoxy groups -OCH3 is 4. The summed E-state index contributed by atoms with van der Waals surface area (Å²) in [6.45, 7) is 0. The van der Waals surface area contributed by atoms with Crippen molar-refractivity contribution in [1.29, 1.82) is 0 Å². The first-order valence-corrected chi connectivity index (χ1v) is 10.4. The van der Waals surface area contributed by atoms with E-state index in [4.69, 9.17) is 18.9 Å². The van der Waals surface area contributed by atoms with Crippen molar-refractivity contribution in [2.45, 2.75) is 9.79 Å². The largest absolute Gasteiger partial charge is 0.497 e. The van der Waals surface area contributed by atoms with Gasteiger partial charge in [-0.3, -0.25) is 9.59 Å². The smallest absolute Gasteiger partial charge is 0.239 e.